The number of halogens is 1. The van der Waals surface area contributed by atoms with E-state index in [0.29, 0.717) is 5.92 Å². The zero-order chi connectivity index (χ0) is 12.3. The zero-order valence-corrected chi connectivity index (χ0v) is 11.2. The van der Waals surface area contributed by atoms with Crippen molar-refractivity contribution in [3.63, 3.8) is 0 Å². The van der Waals surface area contributed by atoms with Gasteiger partial charge in [-0.1, -0.05) is 38.3 Å². The molecule has 0 aliphatic heterocycles. The van der Waals surface area contributed by atoms with Gasteiger partial charge in [-0.25, -0.2) is 4.98 Å². The Morgan fingerprint density at radius 3 is 2.59 bits per heavy atom. The Balaban J connectivity index is 2.33. The Hall–Kier alpha value is -1.02. The van der Waals surface area contributed by atoms with Crippen LogP contribution in [-0.4, -0.2) is 9.97 Å². The van der Waals surface area contributed by atoms with E-state index < -0.39 is 0 Å². The molecule has 1 aromatic heterocycles. The Morgan fingerprint density at radius 1 is 1.24 bits per heavy atom. The predicted molar refractivity (Wildman–Crippen MR) is 73.7 cm³/mol. The molecule has 0 aliphatic rings. The Morgan fingerprint density at radius 2 is 1.94 bits per heavy atom. The summed E-state index contributed by atoms with van der Waals surface area (Å²) in [5, 5.41) is 0.759. The lowest BCUT2D eigenvalue weighted by molar-refractivity contribution is 0.539. The van der Waals surface area contributed by atoms with Crippen molar-refractivity contribution in [3.8, 4) is 0 Å². The van der Waals surface area contributed by atoms with Crippen LogP contribution in [0.4, 0.5) is 0 Å². The molecule has 1 N–H and O–H groups in total. The van der Waals surface area contributed by atoms with Gasteiger partial charge in [0.05, 0.1) is 11.0 Å². The molecular weight excluding hydrogens is 232 g/mol. The summed E-state index contributed by atoms with van der Waals surface area (Å²) in [7, 11) is 0. The number of hydrogen-bond donors (Lipinski definition) is 1. The van der Waals surface area contributed by atoms with Gasteiger partial charge in [-0.15, -0.1) is 0 Å². The minimum atomic E-state index is 0.552. The number of nitrogens with one attached hydrogen (secondary N) is 1. The van der Waals surface area contributed by atoms with Crippen LogP contribution in [0.2, 0.25) is 5.02 Å². The van der Waals surface area contributed by atoms with Crippen LogP contribution >= 0.6 is 11.6 Å². The third-order valence-electron chi connectivity index (χ3n) is 3.12. The van der Waals surface area contributed by atoms with Crippen LogP contribution in [0.3, 0.4) is 0 Å². The highest BCUT2D eigenvalue weighted by atomic mass is 35.5. The highest BCUT2D eigenvalue weighted by molar-refractivity contribution is 6.31. The number of H-pyrrole nitrogens is 1. The first-order valence-electron chi connectivity index (χ1n) is 6.39. The van der Waals surface area contributed by atoms with Gasteiger partial charge in [0.15, 0.2) is 0 Å². The van der Waals surface area contributed by atoms with Gasteiger partial charge in [0, 0.05) is 10.9 Å². The number of imidazole rings is 1. The van der Waals surface area contributed by atoms with Gasteiger partial charge in [-0.2, -0.15) is 0 Å². The van der Waals surface area contributed by atoms with Crippen molar-refractivity contribution >= 4 is 22.6 Å². The van der Waals surface area contributed by atoms with Crippen molar-refractivity contribution in [1.82, 2.24) is 9.97 Å². The standard InChI is InChI=1S/C14H19ClN2/c1-3-5-10(6-4-2)14-16-12-8-7-11(15)9-13(12)17-14/h7-10H,3-6H2,1-2H3,(H,16,17). The Bertz CT molecular complexity index is 484. The zero-order valence-electron chi connectivity index (χ0n) is 10.5. The summed E-state index contributed by atoms with van der Waals surface area (Å²) >= 11 is 5.98. The molecule has 0 saturated heterocycles. The molecule has 0 fully saturated rings. The van der Waals surface area contributed by atoms with E-state index >= 15 is 0 Å². The molecule has 0 bridgehead atoms. The van der Waals surface area contributed by atoms with Gasteiger partial charge >= 0.3 is 0 Å². The van der Waals surface area contributed by atoms with E-state index in [-0.39, 0.29) is 0 Å². The summed E-state index contributed by atoms with van der Waals surface area (Å²) in [4.78, 5) is 8.09. The molecule has 1 aromatic carbocycles. The molecule has 0 spiro atoms. The molecule has 1 heterocycles. The molecule has 3 heteroatoms. The van der Waals surface area contributed by atoms with E-state index in [1.807, 2.05) is 18.2 Å². The van der Waals surface area contributed by atoms with E-state index in [1.165, 1.54) is 25.7 Å². The lowest BCUT2D eigenvalue weighted by atomic mass is 9.98. The van der Waals surface area contributed by atoms with Crippen LogP contribution in [0.25, 0.3) is 11.0 Å². The van der Waals surface area contributed by atoms with Crippen molar-refractivity contribution in [3.05, 3.63) is 29.0 Å². The van der Waals surface area contributed by atoms with Crippen molar-refractivity contribution in [1.29, 1.82) is 0 Å². The summed E-state index contributed by atoms with van der Waals surface area (Å²) in [6.45, 7) is 4.45. The monoisotopic (exact) mass is 250 g/mol. The fraction of sp³-hybridized carbons (Fsp3) is 0.500. The topological polar surface area (TPSA) is 28.7 Å². The number of hydrogen-bond acceptors (Lipinski definition) is 1. The summed E-state index contributed by atoms with van der Waals surface area (Å²) in [6.07, 6.45) is 4.79. The SMILES string of the molecule is CCCC(CCC)c1nc2ccc(Cl)cc2[nH]1. The fourth-order valence-corrected chi connectivity index (χ4v) is 2.48. The number of fused-ring (bicyclic) bond motifs is 1. The second kappa shape index (κ2) is 5.54. The van der Waals surface area contributed by atoms with Gasteiger partial charge in [-0.3, -0.25) is 0 Å². The van der Waals surface area contributed by atoms with Crippen molar-refractivity contribution in [2.75, 3.05) is 0 Å². The highest BCUT2D eigenvalue weighted by Gasteiger charge is 2.14. The number of aromatic amines is 1. The number of aromatic nitrogens is 2. The fourth-order valence-electron chi connectivity index (χ4n) is 2.31. The van der Waals surface area contributed by atoms with Crippen molar-refractivity contribution in [2.24, 2.45) is 0 Å². The maximum absolute atomic E-state index is 5.98. The Labute approximate surface area is 107 Å². The molecule has 2 nitrogen and oxygen atoms in total. The van der Waals surface area contributed by atoms with Crippen LogP contribution in [0.1, 0.15) is 51.3 Å². The summed E-state index contributed by atoms with van der Waals surface area (Å²) in [5.74, 6) is 1.67. The van der Waals surface area contributed by atoms with E-state index in [0.717, 1.165) is 21.9 Å². The molecule has 0 unspecified atom stereocenters. The van der Waals surface area contributed by atoms with Gasteiger partial charge < -0.3 is 4.98 Å². The molecule has 0 radical (unpaired) electrons. The lowest BCUT2D eigenvalue weighted by Crippen LogP contribution is -2.00. The summed E-state index contributed by atoms with van der Waals surface area (Å²) < 4.78 is 0. The van der Waals surface area contributed by atoms with E-state index in [2.05, 4.69) is 23.8 Å². The molecule has 0 saturated carbocycles. The van der Waals surface area contributed by atoms with Crippen LogP contribution < -0.4 is 0 Å². The maximum atomic E-state index is 5.98. The first kappa shape index (κ1) is 12.4. The first-order chi connectivity index (χ1) is 8.24. The molecule has 17 heavy (non-hydrogen) atoms. The maximum Gasteiger partial charge on any atom is 0.110 e. The second-order valence-corrected chi connectivity index (χ2v) is 4.99. The molecule has 92 valence electrons. The molecule has 0 aliphatic carbocycles. The quantitative estimate of drug-likeness (QED) is 0.803. The average molecular weight is 251 g/mol. The highest BCUT2D eigenvalue weighted by Crippen LogP contribution is 2.27. The van der Waals surface area contributed by atoms with Gasteiger partial charge in [0.25, 0.3) is 0 Å². The van der Waals surface area contributed by atoms with E-state index in [1.54, 1.807) is 0 Å². The van der Waals surface area contributed by atoms with Crippen molar-refractivity contribution < 1.29 is 0 Å². The second-order valence-electron chi connectivity index (χ2n) is 4.56. The molecule has 0 atom stereocenters. The van der Waals surface area contributed by atoms with Crippen LogP contribution in [0, 0.1) is 0 Å². The number of nitrogens with zero attached hydrogens (tertiary/aromatic N) is 1. The van der Waals surface area contributed by atoms with Gasteiger partial charge in [0.1, 0.15) is 5.82 Å². The van der Waals surface area contributed by atoms with Crippen LogP contribution in [0.5, 0.6) is 0 Å². The average Bonchev–Trinajstić information content (AvgIpc) is 2.71. The van der Waals surface area contributed by atoms with Crippen molar-refractivity contribution in [2.45, 2.75) is 45.4 Å². The summed E-state index contributed by atoms with van der Waals surface area (Å²) in [6, 6.07) is 5.82. The molecule has 0 amide bonds. The number of benzene rings is 1. The summed E-state index contributed by atoms with van der Waals surface area (Å²) in [5.41, 5.74) is 2.06. The third-order valence-corrected chi connectivity index (χ3v) is 3.36. The minimum absolute atomic E-state index is 0.552. The molecular formula is C14H19ClN2. The Kier molecular flexibility index (Phi) is 4.06. The predicted octanol–water partition coefficient (Wildman–Crippen LogP) is 4.90. The van der Waals surface area contributed by atoms with Crippen LogP contribution in [0.15, 0.2) is 18.2 Å². The third kappa shape index (κ3) is 2.81. The number of rotatable bonds is 5. The first-order valence-corrected chi connectivity index (χ1v) is 6.77. The normalized spacial score (nSPS) is 11.5. The largest absolute Gasteiger partial charge is 0.342 e. The molecule has 2 rings (SSSR count). The van der Waals surface area contributed by atoms with Crippen LogP contribution in [-0.2, 0) is 0 Å². The smallest absolute Gasteiger partial charge is 0.110 e. The van der Waals surface area contributed by atoms with Gasteiger partial charge in [-0.05, 0) is 31.0 Å². The molecule has 2 aromatic rings. The van der Waals surface area contributed by atoms with E-state index in [9.17, 15) is 0 Å². The van der Waals surface area contributed by atoms with E-state index in [4.69, 9.17) is 11.6 Å². The van der Waals surface area contributed by atoms with Gasteiger partial charge in [0.2, 0.25) is 0 Å². The lowest BCUT2D eigenvalue weighted by Gasteiger charge is -2.11. The minimum Gasteiger partial charge on any atom is -0.342 e.